The highest BCUT2D eigenvalue weighted by molar-refractivity contribution is 5.87. The zero-order valence-corrected chi connectivity index (χ0v) is 22.4. The molecule has 0 amide bonds. The molecule has 0 N–H and O–H groups in total. The van der Waals surface area contributed by atoms with Crippen LogP contribution in [0.5, 0.6) is 0 Å². The first-order valence-electron chi connectivity index (χ1n) is 14.3. The summed E-state index contributed by atoms with van der Waals surface area (Å²) in [5.74, 6) is 5.70. The number of carbonyl (C=O) groups excluding carboxylic acids is 2. The van der Waals surface area contributed by atoms with Gasteiger partial charge in [-0.1, -0.05) is 20.1 Å². The van der Waals surface area contributed by atoms with E-state index >= 15 is 0 Å². The van der Waals surface area contributed by atoms with Gasteiger partial charge in [0.05, 0.1) is 0 Å². The van der Waals surface area contributed by atoms with Gasteiger partial charge in [0.15, 0.2) is 0 Å². The van der Waals surface area contributed by atoms with E-state index in [1.807, 2.05) is 0 Å². The minimum atomic E-state index is -0.205. The second-order valence-electron chi connectivity index (χ2n) is 13.4. The van der Waals surface area contributed by atoms with E-state index in [0.29, 0.717) is 34.8 Å². The molecule has 4 heteroatoms. The van der Waals surface area contributed by atoms with Crippen LogP contribution in [0, 0.1) is 47.3 Å². The molecule has 0 radical (unpaired) electrons. The third kappa shape index (κ3) is 4.31. The molecule has 4 nitrogen and oxygen atoms in total. The highest BCUT2D eigenvalue weighted by Gasteiger charge is 2.59. The Labute approximate surface area is 212 Å². The number of esters is 2. The van der Waals surface area contributed by atoms with E-state index < -0.39 is 0 Å². The van der Waals surface area contributed by atoms with E-state index in [4.69, 9.17) is 9.47 Å². The molecule has 8 bridgehead atoms. The highest BCUT2D eigenvalue weighted by atomic mass is 16.6. The van der Waals surface area contributed by atoms with Crippen LogP contribution in [-0.2, 0) is 19.1 Å². The van der Waals surface area contributed by atoms with Gasteiger partial charge < -0.3 is 9.47 Å². The van der Waals surface area contributed by atoms with Gasteiger partial charge in [0.2, 0.25) is 0 Å². The van der Waals surface area contributed by atoms with Gasteiger partial charge in [0, 0.05) is 11.1 Å². The Bertz CT molecular complexity index is 842. The smallest absolute Gasteiger partial charge is 0.333 e. The van der Waals surface area contributed by atoms with E-state index in [1.165, 1.54) is 64.2 Å². The lowest BCUT2D eigenvalue weighted by molar-refractivity contribution is -0.207. The zero-order chi connectivity index (χ0) is 25.1. The number of rotatable bonds is 5. The summed E-state index contributed by atoms with van der Waals surface area (Å²) in [4.78, 5) is 23.8. The molecule has 0 aliphatic heterocycles. The molecule has 8 aliphatic carbocycles. The van der Waals surface area contributed by atoms with E-state index in [0.717, 1.165) is 30.1 Å². The lowest BCUT2D eigenvalue weighted by Crippen LogP contribution is -2.59. The summed E-state index contributed by atoms with van der Waals surface area (Å²) in [7, 11) is 0. The standard InChI is InChI=1S/C16H24O2.C15H22O2/c1-4-16(18-15(17)10(2)3)13-6-11-5-12(8-13)9-14(16)7-11;1-9(2)14(16)17-15(3)12-5-10-4-11(7-12)8-13(15)6-10/h11-14H,2,4-9H2,1,3H3;10-13H,1,4-8H2,2-3H3. The highest BCUT2D eigenvalue weighted by Crippen LogP contribution is 2.61. The molecule has 194 valence electrons. The Morgan fingerprint density at radius 1 is 0.657 bits per heavy atom. The van der Waals surface area contributed by atoms with Gasteiger partial charge in [-0.15, -0.1) is 0 Å². The normalized spacial score (nSPS) is 45.9. The summed E-state index contributed by atoms with van der Waals surface area (Å²) in [6.45, 7) is 15.3. The summed E-state index contributed by atoms with van der Waals surface area (Å²) >= 11 is 0. The number of ether oxygens (including phenoxy) is 2. The summed E-state index contributed by atoms with van der Waals surface area (Å²) in [6.07, 6.45) is 14.0. The predicted molar refractivity (Wildman–Crippen MR) is 137 cm³/mol. The molecule has 0 aromatic rings. The van der Waals surface area contributed by atoms with Gasteiger partial charge in [0.25, 0.3) is 0 Å². The van der Waals surface area contributed by atoms with Gasteiger partial charge in [-0.05, 0) is 139 Å². The molecule has 35 heavy (non-hydrogen) atoms. The van der Waals surface area contributed by atoms with Crippen LogP contribution in [0.2, 0.25) is 0 Å². The number of carbonyl (C=O) groups is 2. The first kappa shape index (κ1) is 25.1. The molecule has 8 saturated carbocycles. The predicted octanol–water partition coefficient (Wildman–Crippen LogP) is 7.03. The van der Waals surface area contributed by atoms with E-state index in [2.05, 4.69) is 27.0 Å². The van der Waals surface area contributed by atoms with Crippen molar-refractivity contribution in [2.45, 2.75) is 110 Å². The molecular weight excluding hydrogens is 436 g/mol. The fourth-order valence-corrected chi connectivity index (χ4v) is 9.63. The maximum absolute atomic E-state index is 12.0. The monoisotopic (exact) mass is 482 g/mol. The van der Waals surface area contributed by atoms with Crippen LogP contribution in [0.3, 0.4) is 0 Å². The van der Waals surface area contributed by atoms with Crippen LogP contribution in [0.15, 0.2) is 24.3 Å². The van der Waals surface area contributed by atoms with Crippen molar-refractivity contribution in [3.8, 4) is 0 Å². The quantitative estimate of drug-likeness (QED) is 0.312. The average molecular weight is 483 g/mol. The maximum Gasteiger partial charge on any atom is 0.333 e. The van der Waals surface area contributed by atoms with Gasteiger partial charge in [-0.25, -0.2) is 9.59 Å². The maximum atomic E-state index is 12.0. The SMILES string of the molecule is C=C(C)C(=O)OC1(C)C2CC3CC(C2)CC1C3.C=C(C)C(=O)OC1(CC)C2CC3CC(C2)CC1C3. The van der Waals surface area contributed by atoms with Crippen molar-refractivity contribution in [3.63, 3.8) is 0 Å². The van der Waals surface area contributed by atoms with Crippen molar-refractivity contribution >= 4 is 11.9 Å². The Morgan fingerprint density at radius 3 is 1.34 bits per heavy atom. The third-order valence-corrected chi connectivity index (χ3v) is 11.1. The Kier molecular flexibility index (Phi) is 6.50. The van der Waals surface area contributed by atoms with Gasteiger partial charge >= 0.3 is 11.9 Å². The van der Waals surface area contributed by atoms with Crippen molar-refractivity contribution in [2.75, 3.05) is 0 Å². The summed E-state index contributed by atoms with van der Waals surface area (Å²) in [6, 6.07) is 0. The van der Waals surface area contributed by atoms with Gasteiger partial charge in [0.1, 0.15) is 11.2 Å². The topological polar surface area (TPSA) is 52.6 Å². The van der Waals surface area contributed by atoms with Crippen molar-refractivity contribution in [2.24, 2.45) is 47.3 Å². The summed E-state index contributed by atoms with van der Waals surface area (Å²) in [5, 5.41) is 0. The van der Waals surface area contributed by atoms with Crippen LogP contribution in [0.25, 0.3) is 0 Å². The van der Waals surface area contributed by atoms with E-state index in [-0.39, 0.29) is 23.1 Å². The molecule has 0 heterocycles. The van der Waals surface area contributed by atoms with Crippen molar-refractivity contribution in [1.82, 2.24) is 0 Å². The van der Waals surface area contributed by atoms with Crippen molar-refractivity contribution in [1.29, 1.82) is 0 Å². The van der Waals surface area contributed by atoms with Crippen LogP contribution in [-0.4, -0.2) is 23.1 Å². The first-order valence-corrected chi connectivity index (χ1v) is 14.3. The molecule has 8 aliphatic rings. The second kappa shape index (κ2) is 9.06. The molecular formula is C31H46O4. The lowest BCUT2D eigenvalue weighted by Gasteiger charge is -2.60. The van der Waals surface area contributed by atoms with Gasteiger partial charge in [-0.2, -0.15) is 0 Å². The Morgan fingerprint density at radius 2 is 1.00 bits per heavy atom. The molecule has 0 unspecified atom stereocenters. The fraction of sp³-hybridized carbons (Fsp3) is 0.806. The molecule has 8 rings (SSSR count). The molecule has 8 fully saturated rings. The third-order valence-electron chi connectivity index (χ3n) is 11.1. The average Bonchev–Trinajstić information content (AvgIpc) is 2.79. The lowest BCUT2D eigenvalue weighted by atomic mass is 9.49. The van der Waals surface area contributed by atoms with E-state index in [1.54, 1.807) is 13.8 Å². The van der Waals surface area contributed by atoms with Crippen LogP contribution in [0.4, 0.5) is 0 Å². The molecule has 0 saturated heterocycles. The minimum Gasteiger partial charge on any atom is -0.455 e. The molecule has 0 aromatic carbocycles. The fourth-order valence-electron chi connectivity index (χ4n) is 9.63. The summed E-state index contributed by atoms with van der Waals surface area (Å²) in [5.41, 5.74) is 0.698. The molecule has 0 atom stereocenters. The largest absolute Gasteiger partial charge is 0.455 e. The molecule has 0 aromatic heterocycles. The number of hydrogen-bond donors (Lipinski definition) is 0. The van der Waals surface area contributed by atoms with Crippen LogP contribution < -0.4 is 0 Å². The summed E-state index contributed by atoms with van der Waals surface area (Å²) < 4.78 is 11.8. The van der Waals surface area contributed by atoms with Crippen molar-refractivity contribution in [3.05, 3.63) is 24.3 Å². The van der Waals surface area contributed by atoms with Crippen LogP contribution in [0.1, 0.15) is 98.3 Å². The second-order valence-corrected chi connectivity index (χ2v) is 13.4. The van der Waals surface area contributed by atoms with Crippen LogP contribution >= 0.6 is 0 Å². The zero-order valence-electron chi connectivity index (χ0n) is 22.4. The van der Waals surface area contributed by atoms with E-state index in [9.17, 15) is 9.59 Å². The minimum absolute atomic E-state index is 0.163. The number of hydrogen-bond acceptors (Lipinski definition) is 4. The van der Waals surface area contributed by atoms with Gasteiger partial charge in [-0.3, -0.25) is 0 Å². The first-order chi connectivity index (χ1) is 16.5. The Balaban J connectivity index is 0.000000145. The van der Waals surface area contributed by atoms with Crippen molar-refractivity contribution < 1.29 is 19.1 Å². The Hall–Kier alpha value is -1.58. The molecule has 0 spiro atoms.